The van der Waals surface area contributed by atoms with Crippen LogP contribution in [0, 0.1) is 0 Å². The molecule has 0 spiro atoms. The molecule has 0 aliphatic rings. The standard InChI is InChI=1S/C9H7NOS/c11-7-8-3-1-5-10(8)9-4-2-6-12-9/h1-7H. The van der Waals surface area contributed by atoms with Gasteiger partial charge in [-0.25, -0.2) is 0 Å². The van der Waals surface area contributed by atoms with Crippen LogP contribution in [0.25, 0.3) is 5.00 Å². The largest absolute Gasteiger partial charge is 0.306 e. The molecule has 60 valence electrons. The number of hydrogen-bond donors (Lipinski definition) is 0. The Morgan fingerprint density at radius 1 is 1.33 bits per heavy atom. The molecule has 0 bridgehead atoms. The van der Waals surface area contributed by atoms with E-state index in [9.17, 15) is 4.79 Å². The molecule has 0 N–H and O–H groups in total. The molecule has 0 aliphatic heterocycles. The van der Waals surface area contributed by atoms with Crippen molar-refractivity contribution in [1.82, 2.24) is 4.57 Å². The van der Waals surface area contributed by atoms with Crippen LogP contribution in [0.2, 0.25) is 0 Å². The van der Waals surface area contributed by atoms with Crippen molar-refractivity contribution in [3.05, 3.63) is 41.5 Å². The quantitative estimate of drug-likeness (QED) is 0.645. The second kappa shape index (κ2) is 2.95. The molecule has 0 radical (unpaired) electrons. The fraction of sp³-hybridized carbons (Fsp3) is 0. The molecule has 0 aromatic carbocycles. The number of aromatic nitrogens is 1. The first kappa shape index (κ1) is 7.31. The molecule has 2 heterocycles. The van der Waals surface area contributed by atoms with E-state index in [1.54, 1.807) is 17.4 Å². The van der Waals surface area contributed by atoms with Crippen molar-refractivity contribution in [2.75, 3.05) is 0 Å². The first-order valence-electron chi connectivity index (χ1n) is 3.58. The molecule has 0 saturated carbocycles. The van der Waals surface area contributed by atoms with E-state index in [1.165, 1.54) is 0 Å². The first-order chi connectivity index (χ1) is 5.92. The minimum Gasteiger partial charge on any atom is -0.306 e. The highest BCUT2D eigenvalue weighted by molar-refractivity contribution is 7.12. The Bertz CT molecular complexity index is 375. The van der Waals surface area contributed by atoms with E-state index in [4.69, 9.17) is 0 Å². The topological polar surface area (TPSA) is 22.0 Å². The van der Waals surface area contributed by atoms with Crippen LogP contribution < -0.4 is 0 Å². The van der Waals surface area contributed by atoms with E-state index in [0.717, 1.165) is 11.3 Å². The molecule has 0 fully saturated rings. The highest BCUT2D eigenvalue weighted by atomic mass is 32.1. The zero-order chi connectivity index (χ0) is 8.39. The number of rotatable bonds is 2. The van der Waals surface area contributed by atoms with E-state index >= 15 is 0 Å². The van der Waals surface area contributed by atoms with Crippen molar-refractivity contribution in [3.63, 3.8) is 0 Å². The Morgan fingerprint density at radius 3 is 2.92 bits per heavy atom. The summed E-state index contributed by atoms with van der Waals surface area (Å²) in [5.74, 6) is 0. The summed E-state index contributed by atoms with van der Waals surface area (Å²) in [5.41, 5.74) is 0.692. The van der Waals surface area contributed by atoms with Crippen LogP contribution >= 0.6 is 11.3 Å². The average Bonchev–Trinajstić information content (AvgIpc) is 2.74. The number of aldehydes is 1. The lowest BCUT2D eigenvalue weighted by Crippen LogP contribution is -1.93. The van der Waals surface area contributed by atoms with Gasteiger partial charge in [-0.2, -0.15) is 0 Å². The molecular formula is C9H7NOS. The summed E-state index contributed by atoms with van der Waals surface area (Å²) in [5, 5.41) is 3.06. The third-order valence-electron chi connectivity index (χ3n) is 1.64. The summed E-state index contributed by atoms with van der Waals surface area (Å²) in [6.07, 6.45) is 2.75. The van der Waals surface area contributed by atoms with E-state index in [0.29, 0.717) is 5.69 Å². The van der Waals surface area contributed by atoms with Gasteiger partial charge in [0.15, 0.2) is 6.29 Å². The van der Waals surface area contributed by atoms with E-state index in [-0.39, 0.29) is 0 Å². The number of carbonyl (C=O) groups is 1. The SMILES string of the molecule is O=Cc1cccn1-c1cccs1. The molecule has 3 heteroatoms. The Labute approximate surface area is 74.1 Å². The lowest BCUT2D eigenvalue weighted by atomic mass is 10.5. The molecule has 2 aromatic rings. The highest BCUT2D eigenvalue weighted by Crippen LogP contribution is 2.16. The van der Waals surface area contributed by atoms with Crippen molar-refractivity contribution < 1.29 is 4.79 Å². The predicted octanol–water partition coefficient (Wildman–Crippen LogP) is 2.35. The lowest BCUT2D eigenvalue weighted by Gasteiger charge is -1.98. The second-order valence-corrected chi connectivity index (χ2v) is 3.30. The number of hydrogen-bond acceptors (Lipinski definition) is 2. The molecule has 12 heavy (non-hydrogen) atoms. The van der Waals surface area contributed by atoms with Crippen LogP contribution in [0.4, 0.5) is 0 Å². The van der Waals surface area contributed by atoms with Gasteiger partial charge in [-0.1, -0.05) is 0 Å². The molecule has 0 atom stereocenters. The number of nitrogens with zero attached hydrogens (tertiary/aromatic N) is 1. The van der Waals surface area contributed by atoms with Gasteiger partial charge < -0.3 is 4.57 Å². The monoisotopic (exact) mass is 177 g/mol. The molecule has 0 unspecified atom stereocenters. The minimum absolute atomic E-state index is 0.692. The Morgan fingerprint density at radius 2 is 2.25 bits per heavy atom. The number of thiophene rings is 1. The molecule has 0 aliphatic carbocycles. The van der Waals surface area contributed by atoms with Gasteiger partial charge in [-0.15, -0.1) is 11.3 Å². The highest BCUT2D eigenvalue weighted by Gasteiger charge is 2.00. The average molecular weight is 177 g/mol. The van der Waals surface area contributed by atoms with E-state index < -0.39 is 0 Å². The fourth-order valence-corrected chi connectivity index (χ4v) is 1.83. The van der Waals surface area contributed by atoms with Crippen LogP contribution in [0.1, 0.15) is 10.5 Å². The van der Waals surface area contributed by atoms with Gasteiger partial charge in [0.2, 0.25) is 0 Å². The van der Waals surface area contributed by atoms with Crippen molar-refractivity contribution in [2.45, 2.75) is 0 Å². The van der Waals surface area contributed by atoms with Crippen molar-refractivity contribution >= 4 is 17.6 Å². The molecular weight excluding hydrogens is 170 g/mol. The van der Waals surface area contributed by atoms with Crippen molar-refractivity contribution in [3.8, 4) is 5.00 Å². The maximum absolute atomic E-state index is 10.6. The Balaban J connectivity index is 2.53. The van der Waals surface area contributed by atoms with Crippen LogP contribution in [-0.2, 0) is 0 Å². The van der Waals surface area contributed by atoms with Crippen LogP contribution in [0.5, 0.6) is 0 Å². The van der Waals surface area contributed by atoms with Gasteiger partial charge in [-0.3, -0.25) is 4.79 Å². The van der Waals surface area contributed by atoms with Crippen LogP contribution in [-0.4, -0.2) is 10.9 Å². The zero-order valence-corrected chi connectivity index (χ0v) is 7.12. The molecule has 0 saturated heterocycles. The lowest BCUT2D eigenvalue weighted by molar-refractivity contribution is 0.111. The van der Waals surface area contributed by atoms with Crippen molar-refractivity contribution in [2.24, 2.45) is 0 Å². The second-order valence-electron chi connectivity index (χ2n) is 2.37. The predicted molar refractivity (Wildman–Crippen MR) is 49.0 cm³/mol. The van der Waals surface area contributed by atoms with Gasteiger partial charge in [0, 0.05) is 6.20 Å². The van der Waals surface area contributed by atoms with Gasteiger partial charge in [0.05, 0.1) is 10.7 Å². The third-order valence-corrected chi connectivity index (χ3v) is 2.51. The molecule has 0 amide bonds. The molecule has 2 nitrogen and oxygen atoms in total. The maximum Gasteiger partial charge on any atom is 0.166 e. The fourth-order valence-electron chi connectivity index (χ4n) is 1.10. The summed E-state index contributed by atoms with van der Waals surface area (Å²) < 4.78 is 1.87. The van der Waals surface area contributed by atoms with Crippen LogP contribution in [0.15, 0.2) is 35.8 Å². The summed E-state index contributed by atoms with van der Waals surface area (Å²) in [4.78, 5) is 10.6. The smallest absolute Gasteiger partial charge is 0.166 e. The van der Waals surface area contributed by atoms with E-state index in [1.807, 2.05) is 34.3 Å². The molecule has 2 aromatic heterocycles. The Hall–Kier alpha value is -1.35. The van der Waals surface area contributed by atoms with Gasteiger partial charge in [-0.05, 0) is 29.6 Å². The van der Waals surface area contributed by atoms with Crippen LogP contribution in [0.3, 0.4) is 0 Å². The molecule has 2 rings (SSSR count). The maximum atomic E-state index is 10.6. The zero-order valence-electron chi connectivity index (χ0n) is 6.31. The normalized spacial score (nSPS) is 10.0. The van der Waals surface area contributed by atoms with Gasteiger partial charge in [0.1, 0.15) is 0 Å². The summed E-state index contributed by atoms with van der Waals surface area (Å²) in [7, 11) is 0. The first-order valence-corrected chi connectivity index (χ1v) is 4.46. The minimum atomic E-state index is 0.692. The number of carbonyl (C=O) groups excluding carboxylic acids is 1. The van der Waals surface area contributed by atoms with E-state index in [2.05, 4.69) is 0 Å². The van der Waals surface area contributed by atoms with Crippen molar-refractivity contribution in [1.29, 1.82) is 0 Å². The summed E-state index contributed by atoms with van der Waals surface area (Å²) >= 11 is 1.61. The third kappa shape index (κ3) is 1.08. The van der Waals surface area contributed by atoms with Gasteiger partial charge in [0.25, 0.3) is 0 Å². The van der Waals surface area contributed by atoms with Gasteiger partial charge >= 0.3 is 0 Å². The Kier molecular flexibility index (Phi) is 1.80. The summed E-state index contributed by atoms with van der Waals surface area (Å²) in [6.45, 7) is 0. The summed E-state index contributed by atoms with van der Waals surface area (Å²) in [6, 6.07) is 7.61.